The molecule has 76 valence electrons. The third-order valence-electron chi connectivity index (χ3n) is 2.77. The summed E-state index contributed by atoms with van der Waals surface area (Å²) in [4.78, 5) is 11.8. The van der Waals surface area contributed by atoms with Gasteiger partial charge in [0.25, 0.3) is 0 Å². The number of hydrogen-bond donors (Lipinski definition) is 1. The van der Waals surface area contributed by atoms with Gasteiger partial charge in [-0.2, -0.15) is 0 Å². The highest BCUT2D eigenvalue weighted by molar-refractivity contribution is 5.78. The highest BCUT2D eigenvalue weighted by atomic mass is 16.2. The van der Waals surface area contributed by atoms with Crippen LogP contribution in [0.15, 0.2) is 0 Å². The summed E-state index contributed by atoms with van der Waals surface area (Å²) < 4.78 is 0. The van der Waals surface area contributed by atoms with Crippen LogP contribution >= 0.6 is 0 Å². The molecule has 3 nitrogen and oxygen atoms in total. The van der Waals surface area contributed by atoms with E-state index in [0.717, 1.165) is 19.5 Å². The molecule has 1 aliphatic rings. The van der Waals surface area contributed by atoms with Crippen molar-refractivity contribution < 1.29 is 4.79 Å². The van der Waals surface area contributed by atoms with E-state index >= 15 is 0 Å². The Hall–Kier alpha value is -0.570. The van der Waals surface area contributed by atoms with Crippen molar-refractivity contribution in [3.63, 3.8) is 0 Å². The van der Waals surface area contributed by atoms with Gasteiger partial charge < -0.3 is 0 Å². The van der Waals surface area contributed by atoms with Gasteiger partial charge in [0.05, 0.1) is 0 Å². The van der Waals surface area contributed by atoms with Crippen molar-refractivity contribution >= 4 is 5.91 Å². The minimum atomic E-state index is 0.130. The summed E-state index contributed by atoms with van der Waals surface area (Å²) in [5.41, 5.74) is 3.14. The van der Waals surface area contributed by atoms with Crippen LogP contribution in [0.5, 0.6) is 0 Å². The van der Waals surface area contributed by atoms with Crippen molar-refractivity contribution in [2.45, 2.75) is 33.6 Å². The van der Waals surface area contributed by atoms with E-state index in [4.69, 9.17) is 0 Å². The first-order valence-electron chi connectivity index (χ1n) is 5.18. The normalized spacial score (nSPS) is 20.5. The second-order valence-electron chi connectivity index (χ2n) is 4.14. The Labute approximate surface area is 80.5 Å². The smallest absolute Gasteiger partial charge is 0.239 e. The minimum absolute atomic E-state index is 0.130. The van der Waals surface area contributed by atoms with Gasteiger partial charge in [-0.15, -0.1) is 0 Å². The molecule has 0 radical (unpaired) electrons. The maximum atomic E-state index is 11.8. The van der Waals surface area contributed by atoms with Crippen molar-refractivity contribution in [1.82, 2.24) is 10.4 Å². The summed E-state index contributed by atoms with van der Waals surface area (Å²) in [6, 6.07) is 0. The molecule has 3 heteroatoms. The van der Waals surface area contributed by atoms with Gasteiger partial charge in [0, 0.05) is 19.0 Å². The zero-order valence-corrected chi connectivity index (χ0v) is 8.84. The third kappa shape index (κ3) is 2.69. The van der Waals surface area contributed by atoms with E-state index in [1.807, 2.05) is 6.92 Å². The molecule has 1 N–H and O–H groups in total. The summed E-state index contributed by atoms with van der Waals surface area (Å²) >= 11 is 0. The van der Waals surface area contributed by atoms with Crippen LogP contribution in [0.1, 0.15) is 33.6 Å². The molecule has 0 spiro atoms. The van der Waals surface area contributed by atoms with E-state index < -0.39 is 0 Å². The SMILES string of the molecule is CC(C)C(C)C(=O)N1CCCCN1. The quantitative estimate of drug-likeness (QED) is 0.703. The molecule has 0 aromatic heterocycles. The monoisotopic (exact) mass is 184 g/mol. The molecule has 1 unspecified atom stereocenters. The first-order chi connectivity index (χ1) is 6.13. The molecule has 1 amide bonds. The van der Waals surface area contributed by atoms with Crippen LogP contribution in [-0.2, 0) is 4.79 Å². The molecule has 1 fully saturated rings. The number of nitrogens with zero attached hydrogens (tertiary/aromatic N) is 1. The van der Waals surface area contributed by atoms with Gasteiger partial charge >= 0.3 is 0 Å². The average molecular weight is 184 g/mol. The van der Waals surface area contributed by atoms with E-state index in [1.165, 1.54) is 6.42 Å². The Kier molecular flexibility index (Phi) is 3.72. The summed E-state index contributed by atoms with van der Waals surface area (Å²) in [5, 5.41) is 1.79. The first kappa shape index (κ1) is 10.5. The molecule has 0 aliphatic carbocycles. The Balaban J connectivity index is 2.45. The zero-order chi connectivity index (χ0) is 9.84. The van der Waals surface area contributed by atoms with Crippen LogP contribution < -0.4 is 5.43 Å². The van der Waals surface area contributed by atoms with E-state index in [2.05, 4.69) is 19.3 Å². The number of rotatable bonds is 2. The minimum Gasteiger partial charge on any atom is -0.278 e. The zero-order valence-electron chi connectivity index (χ0n) is 8.84. The lowest BCUT2D eigenvalue weighted by atomic mass is 9.97. The summed E-state index contributed by atoms with van der Waals surface area (Å²) in [7, 11) is 0. The van der Waals surface area contributed by atoms with Gasteiger partial charge in [0.15, 0.2) is 0 Å². The molecular formula is C10H20N2O. The fourth-order valence-corrected chi connectivity index (χ4v) is 1.41. The van der Waals surface area contributed by atoms with Crippen LogP contribution in [0.2, 0.25) is 0 Å². The lowest BCUT2D eigenvalue weighted by molar-refractivity contribution is -0.140. The van der Waals surface area contributed by atoms with Crippen molar-refractivity contribution in [2.75, 3.05) is 13.1 Å². The van der Waals surface area contributed by atoms with Crippen LogP contribution in [0.3, 0.4) is 0 Å². The fourth-order valence-electron chi connectivity index (χ4n) is 1.41. The van der Waals surface area contributed by atoms with Gasteiger partial charge in [-0.1, -0.05) is 20.8 Å². The molecule has 0 saturated carbocycles. The second-order valence-corrected chi connectivity index (χ2v) is 4.14. The van der Waals surface area contributed by atoms with Gasteiger partial charge in [0.2, 0.25) is 5.91 Å². The largest absolute Gasteiger partial charge is 0.278 e. The number of hydrogen-bond acceptors (Lipinski definition) is 2. The van der Waals surface area contributed by atoms with Crippen LogP contribution in [0.25, 0.3) is 0 Å². The van der Waals surface area contributed by atoms with Crippen molar-refractivity contribution in [3.8, 4) is 0 Å². The lowest BCUT2D eigenvalue weighted by Crippen LogP contribution is -2.49. The van der Waals surface area contributed by atoms with Crippen molar-refractivity contribution in [1.29, 1.82) is 0 Å². The molecule has 1 saturated heterocycles. The van der Waals surface area contributed by atoms with Gasteiger partial charge in [-0.3, -0.25) is 9.80 Å². The van der Waals surface area contributed by atoms with E-state index in [-0.39, 0.29) is 11.8 Å². The topological polar surface area (TPSA) is 32.3 Å². The van der Waals surface area contributed by atoms with Gasteiger partial charge in [-0.25, -0.2) is 5.43 Å². The van der Waals surface area contributed by atoms with Crippen LogP contribution in [0, 0.1) is 11.8 Å². The Morgan fingerprint density at radius 2 is 2.00 bits per heavy atom. The predicted octanol–water partition coefficient (Wildman–Crippen LogP) is 1.41. The lowest BCUT2D eigenvalue weighted by Gasteiger charge is -2.31. The maximum absolute atomic E-state index is 11.8. The molecular weight excluding hydrogens is 164 g/mol. The van der Waals surface area contributed by atoms with Crippen LogP contribution in [-0.4, -0.2) is 24.0 Å². The molecule has 1 rings (SSSR count). The van der Waals surface area contributed by atoms with Crippen molar-refractivity contribution in [3.05, 3.63) is 0 Å². The standard InChI is InChI=1S/C10H20N2O/c1-8(2)9(3)10(13)12-7-5-4-6-11-12/h8-9,11H,4-7H2,1-3H3. The molecule has 1 atom stereocenters. The number of hydrazine groups is 1. The fraction of sp³-hybridized carbons (Fsp3) is 0.900. The van der Waals surface area contributed by atoms with Crippen molar-refractivity contribution in [2.24, 2.45) is 11.8 Å². The predicted molar refractivity (Wildman–Crippen MR) is 53.0 cm³/mol. The molecule has 0 aromatic carbocycles. The summed E-state index contributed by atoms with van der Waals surface area (Å²) in [6.45, 7) is 7.99. The summed E-state index contributed by atoms with van der Waals surface area (Å²) in [6.07, 6.45) is 2.31. The molecule has 1 aliphatic heterocycles. The highest BCUT2D eigenvalue weighted by Crippen LogP contribution is 2.13. The Morgan fingerprint density at radius 3 is 2.46 bits per heavy atom. The molecule has 0 bridgehead atoms. The maximum Gasteiger partial charge on any atom is 0.239 e. The Morgan fingerprint density at radius 1 is 1.31 bits per heavy atom. The van der Waals surface area contributed by atoms with E-state index in [9.17, 15) is 4.79 Å². The van der Waals surface area contributed by atoms with Gasteiger partial charge in [-0.05, 0) is 18.8 Å². The van der Waals surface area contributed by atoms with E-state index in [1.54, 1.807) is 5.01 Å². The first-order valence-corrected chi connectivity index (χ1v) is 5.18. The number of carbonyl (C=O) groups excluding carboxylic acids is 1. The highest BCUT2D eigenvalue weighted by Gasteiger charge is 2.23. The Bertz CT molecular complexity index is 174. The number of carbonyl (C=O) groups is 1. The number of nitrogens with one attached hydrogen (secondary N) is 1. The average Bonchev–Trinajstić information content (AvgIpc) is 2.17. The molecule has 0 aromatic rings. The molecule has 1 heterocycles. The second kappa shape index (κ2) is 4.61. The van der Waals surface area contributed by atoms with Gasteiger partial charge in [0.1, 0.15) is 0 Å². The van der Waals surface area contributed by atoms with Crippen LogP contribution in [0.4, 0.5) is 0 Å². The van der Waals surface area contributed by atoms with E-state index in [0.29, 0.717) is 5.92 Å². The summed E-state index contributed by atoms with van der Waals surface area (Å²) in [5.74, 6) is 0.802. The third-order valence-corrected chi connectivity index (χ3v) is 2.77. The molecule has 13 heavy (non-hydrogen) atoms. The number of amides is 1.